The Kier molecular flexibility index (Phi) is 4.29. The Hall–Kier alpha value is -1.92. The molecule has 0 aliphatic heterocycles. The first-order chi connectivity index (χ1) is 9.80. The van der Waals surface area contributed by atoms with Crippen LogP contribution in [0.4, 0.5) is 10.1 Å². The van der Waals surface area contributed by atoms with Crippen LogP contribution in [0.5, 0.6) is 0 Å². The lowest BCUT2D eigenvalue weighted by Crippen LogP contribution is -2.26. The molecule has 2 N–H and O–H groups in total. The molecule has 2 rings (SSSR count). The summed E-state index contributed by atoms with van der Waals surface area (Å²) in [5, 5.41) is 0. The number of benzene rings is 2. The predicted octanol–water partition coefficient (Wildman–Crippen LogP) is 2.54. The zero-order valence-corrected chi connectivity index (χ0v) is 12.7. The molecule has 0 aliphatic rings. The number of hydrogen-bond acceptors (Lipinski definition) is 3. The lowest BCUT2D eigenvalue weighted by molar-refractivity contribution is 0.466. The number of halogens is 1. The molecule has 0 aromatic heterocycles. The first-order valence-electron chi connectivity index (χ1n) is 6.37. The number of sulfonamides is 1. The quantitative estimate of drug-likeness (QED) is 0.883. The summed E-state index contributed by atoms with van der Waals surface area (Å²) in [4.78, 5) is 0.193. The molecular formula is C15H17FN2O2S. The molecule has 0 bridgehead atoms. The van der Waals surface area contributed by atoms with Gasteiger partial charge in [0.25, 0.3) is 0 Å². The molecule has 6 heteroatoms. The van der Waals surface area contributed by atoms with Gasteiger partial charge in [0.2, 0.25) is 10.0 Å². The van der Waals surface area contributed by atoms with E-state index in [1.165, 1.54) is 29.6 Å². The van der Waals surface area contributed by atoms with Crippen molar-refractivity contribution in [3.63, 3.8) is 0 Å². The molecule has 0 aliphatic carbocycles. The van der Waals surface area contributed by atoms with Crippen LogP contribution in [0, 0.1) is 12.7 Å². The van der Waals surface area contributed by atoms with Crippen molar-refractivity contribution in [1.29, 1.82) is 0 Å². The molecule has 2 aromatic carbocycles. The standard InChI is InChI=1S/C15H17FN2O2S/c1-11-9-14(7-8-15(11)17)21(19,20)18(2)10-12-3-5-13(16)6-4-12/h3-9H,10,17H2,1-2H3. The summed E-state index contributed by atoms with van der Waals surface area (Å²) in [5.41, 5.74) is 7.68. The highest BCUT2D eigenvalue weighted by Gasteiger charge is 2.21. The normalized spacial score (nSPS) is 11.8. The van der Waals surface area contributed by atoms with Crippen LogP contribution in [-0.2, 0) is 16.6 Å². The third-order valence-electron chi connectivity index (χ3n) is 3.27. The van der Waals surface area contributed by atoms with E-state index in [4.69, 9.17) is 5.73 Å². The van der Waals surface area contributed by atoms with Crippen molar-refractivity contribution < 1.29 is 12.8 Å². The Morgan fingerprint density at radius 3 is 2.33 bits per heavy atom. The molecule has 0 atom stereocenters. The van der Waals surface area contributed by atoms with Gasteiger partial charge in [0.1, 0.15) is 5.82 Å². The van der Waals surface area contributed by atoms with Crippen molar-refractivity contribution in [3.05, 3.63) is 59.4 Å². The second kappa shape index (κ2) is 5.83. The Bertz CT molecular complexity index is 743. The highest BCUT2D eigenvalue weighted by Crippen LogP contribution is 2.21. The summed E-state index contributed by atoms with van der Waals surface area (Å²) in [6, 6.07) is 10.4. The molecule has 0 radical (unpaired) electrons. The largest absolute Gasteiger partial charge is 0.399 e. The van der Waals surface area contributed by atoms with E-state index in [2.05, 4.69) is 0 Å². The Morgan fingerprint density at radius 2 is 1.76 bits per heavy atom. The van der Waals surface area contributed by atoms with Gasteiger partial charge in [-0.1, -0.05) is 12.1 Å². The number of anilines is 1. The molecule has 0 amide bonds. The Balaban J connectivity index is 2.25. The Morgan fingerprint density at radius 1 is 1.14 bits per heavy atom. The summed E-state index contributed by atoms with van der Waals surface area (Å²) in [7, 11) is -2.11. The monoisotopic (exact) mass is 308 g/mol. The predicted molar refractivity (Wildman–Crippen MR) is 80.6 cm³/mol. The van der Waals surface area contributed by atoms with E-state index in [-0.39, 0.29) is 17.3 Å². The zero-order valence-electron chi connectivity index (χ0n) is 11.9. The average molecular weight is 308 g/mol. The molecule has 0 spiro atoms. The van der Waals surface area contributed by atoms with Crippen LogP contribution in [-0.4, -0.2) is 19.8 Å². The summed E-state index contributed by atoms with van der Waals surface area (Å²) in [6.07, 6.45) is 0. The van der Waals surface area contributed by atoms with Crippen LogP contribution in [0.25, 0.3) is 0 Å². The fourth-order valence-electron chi connectivity index (χ4n) is 1.92. The van der Waals surface area contributed by atoms with Crippen molar-refractivity contribution in [2.24, 2.45) is 0 Å². The van der Waals surface area contributed by atoms with Crippen LogP contribution >= 0.6 is 0 Å². The lowest BCUT2D eigenvalue weighted by Gasteiger charge is -2.18. The Labute approximate surface area is 124 Å². The number of nitrogens with two attached hydrogens (primary N) is 1. The van der Waals surface area contributed by atoms with E-state index < -0.39 is 10.0 Å². The fraction of sp³-hybridized carbons (Fsp3) is 0.200. The maximum atomic E-state index is 12.9. The summed E-state index contributed by atoms with van der Waals surface area (Å²) in [5.74, 6) is -0.349. The molecule has 0 unspecified atom stereocenters. The highest BCUT2D eigenvalue weighted by atomic mass is 32.2. The zero-order chi connectivity index (χ0) is 15.6. The summed E-state index contributed by atoms with van der Waals surface area (Å²) < 4.78 is 39.0. The van der Waals surface area contributed by atoms with Crippen LogP contribution in [0.3, 0.4) is 0 Å². The first kappa shape index (κ1) is 15.5. The molecular weight excluding hydrogens is 291 g/mol. The van der Waals surface area contributed by atoms with Crippen molar-refractivity contribution >= 4 is 15.7 Å². The lowest BCUT2D eigenvalue weighted by atomic mass is 10.2. The fourth-order valence-corrected chi connectivity index (χ4v) is 3.17. The van der Waals surface area contributed by atoms with Gasteiger partial charge in [-0.15, -0.1) is 0 Å². The first-order valence-corrected chi connectivity index (χ1v) is 7.81. The van der Waals surface area contributed by atoms with Gasteiger partial charge in [0.05, 0.1) is 4.90 Å². The minimum absolute atomic E-state index is 0.173. The third kappa shape index (κ3) is 3.40. The number of rotatable bonds is 4. The number of aryl methyl sites for hydroxylation is 1. The van der Waals surface area contributed by atoms with E-state index in [1.54, 1.807) is 31.2 Å². The van der Waals surface area contributed by atoms with Gasteiger partial charge in [-0.25, -0.2) is 12.8 Å². The highest BCUT2D eigenvalue weighted by molar-refractivity contribution is 7.89. The molecule has 2 aromatic rings. The minimum Gasteiger partial charge on any atom is -0.399 e. The molecule has 0 saturated carbocycles. The number of nitrogens with zero attached hydrogens (tertiary/aromatic N) is 1. The molecule has 21 heavy (non-hydrogen) atoms. The summed E-state index contributed by atoms with van der Waals surface area (Å²) in [6.45, 7) is 1.93. The van der Waals surface area contributed by atoms with Gasteiger partial charge < -0.3 is 5.73 Å². The number of nitrogen functional groups attached to an aromatic ring is 1. The van der Waals surface area contributed by atoms with Crippen LogP contribution < -0.4 is 5.73 Å². The average Bonchev–Trinajstić information content (AvgIpc) is 2.44. The molecule has 0 heterocycles. The number of hydrogen-bond donors (Lipinski definition) is 1. The van der Waals surface area contributed by atoms with Gasteiger partial charge in [0.15, 0.2) is 0 Å². The van der Waals surface area contributed by atoms with Crippen LogP contribution in [0.2, 0.25) is 0 Å². The van der Waals surface area contributed by atoms with E-state index in [0.717, 1.165) is 5.56 Å². The van der Waals surface area contributed by atoms with Crippen LogP contribution in [0.1, 0.15) is 11.1 Å². The molecule has 4 nitrogen and oxygen atoms in total. The SMILES string of the molecule is Cc1cc(S(=O)(=O)N(C)Cc2ccc(F)cc2)ccc1N. The van der Waals surface area contributed by atoms with Gasteiger partial charge in [-0.2, -0.15) is 4.31 Å². The second-order valence-corrected chi connectivity index (χ2v) is 6.95. The van der Waals surface area contributed by atoms with E-state index in [1.807, 2.05) is 0 Å². The third-order valence-corrected chi connectivity index (χ3v) is 5.07. The van der Waals surface area contributed by atoms with E-state index >= 15 is 0 Å². The van der Waals surface area contributed by atoms with E-state index in [9.17, 15) is 12.8 Å². The van der Waals surface area contributed by atoms with Crippen molar-refractivity contribution in [2.75, 3.05) is 12.8 Å². The van der Waals surface area contributed by atoms with Gasteiger partial charge in [-0.05, 0) is 48.4 Å². The minimum atomic E-state index is -3.60. The summed E-state index contributed by atoms with van der Waals surface area (Å²) >= 11 is 0. The van der Waals surface area contributed by atoms with E-state index in [0.29, 0.717) is 11.3 Å². The van der Waals surface area contributed by atoms with Gasteiger partial charge >= 0.3 is 0 Å². The smallest absolute Gasteiger partial charge is 0.243 e. The maximum Gasteiger partial charge on any atom is 0.243 e. The molecule has 112 valence electrons. The van der Waals surface area contributed by atoms with Crippen molar-refractivity contribution in [2.45, 2.75) is 18.4 Å². The van der Waals surface area contributed by atoms with Gasteiger partial charge in [-0.3, -0.25) is 0 Å². The maximum absolute atomic E-state index is 12.9. The van der Waals surface area contributed by atoms with Crippen molar-refractivity contribution in [1.82, 2.24) is 4.31 Å². The van der Waals surface area contributed by atoms with Crippen LogP contribution in [0.15, 0.2) is 47.4 Å². The topological polar surface area (TPSA) is 63.4 Å². The van der Waals surface area contributed by atoms with Gasteiger partial charge in [0, 0.05) is 19.3 Å². The second-order valence-electron chi connectivity index (χ2n) is 4.91. The van der Waals surface area contributed by atoms with Crippen molar-refractivity contribution in [3.8, 4) is 0 Å². The molecule has 0 saturated heterocycles. The molecule has 0 fully saturated rings.